The summed E-state index contributed by atoms with van der Waals surface area (Å²) in [6.45, 7) is 3.99. The molecule has 7 heteroatoms. The van der Waals surface area contributed by atoms with Gasteiger partial charge in [-0.2, -0.15) is 0 Å². The average Bonchev–Trinajstić information content (AvgIpc) is 2.49. The first-order valence-corrected chi connectivity index (χ1v) is 7.43. The van der Waals surface area contributed by atoms with E-state index in [0.29, 0.717) is 11.6 Å². The fourth-order valence-corrected chi connectivity index (χ4v) is 2.72. The van der Waals surface area contributed by atoms with Crippen molar-refractivity contribution in [2.24, 2.45) is 5.92 Å². The van der Waals surface area contributed by atoms with Crippen LogP contribution in [0.1, 0.15) is 13.3 Å². The van der Waals surface area contributed by atoms with Crippen LogP contribution in [0.15, 0.2) is 24.3 Å². The van der Waals surface area contributed by atoms with E-state index in [2.05, 4.69) is 17.6 Å². The van der Waals surface area contributed by atoms with E-state index >= 15 is 0 Å². The van der Waals surface area contributed by atoms with Crippen molar-refractivity contribution in [1.29, 1.82) is 0 Å². The minimum absolute atomic E-state index is 0.00744. The number of carbonyl (C=O) groups is 1. The van der Waals surface area contributed by atoms with Crippen molar-refractivity contribution in [2.45, 2.75) is 19.4 Å². The SMILES string of the molecule is CC1CNCCC1NC(=O)CN(C)c1ccccc1[N+](=O)[O-]. The number of nitrogens with one attached hydrogen (secondary N) is 2. The van der Waals surface area contributed by atoms with E-state index in [4.69, 9.17) is 0 Å². The van der Waals surface area contributed by atoms with Gasteiger partial charge in [0.1, 0.15) is 5.69 Å². The first-order chi connectivity index (χ1) is 10.5. The first-order valence-electron chi connectivity index (χ1n) is 7.43. The summed E-state index contributed by atoms with van der Waals surface area (Å²) < 4.78 is 0. The van der Waals surface area contributed by atoms with E-state index in [9.17, 15) is 14.9 Å². The third-order valence-electron chi connectivity index (χ3n) is 4.00. The zero-order valence-electron chi connectivity index (χ0n) is 12.9. The molecule has 0 aliphatic carbocycles. The smallest absolute Gasteiger partial charge is 0.292 e. The molecule has 0 saturated carbocycles. The molecule has 2 rings (SSSR count). The lowest BCUT2D eigenvalue weighted by Crippen LogP contribution is -2.50. The average molecular weight is 306 g/mol. The van der Waals surface area contributed by atoms with Crippen LogP contribution in [0.5, 0.6) is 0 Å². The summed E-state index contributed by atoms with van der Waals surface area (Å²) in [7, 11) is 1.69. The van der Waals surface area contributed by atoms with Gasteiger partial charge in [-0.05, 0) is 31.5 Å². The second-order valence-corrected chi connectivity index (χ2v) is 5.75. The molecule has 1 aliphatic heterocycles. The fraction of sp³-hybridized carbons (Fsp3) is 0.533. The Morgan fingerprint density at radius 2 is 2.23 bits per heavy atom. The molecule has 0 bridgehead atoms. The van der Waals surface area contributed by atoms with Gasteiger partial charge in [-0.25, -0.2) is 0 Å². The number of nitro benzene ring substituents is 1. The summed E-state index contributed by atoms with van der Waals surface area (Å²) in [6, 6.07) is 6.60. The van der Waals surface area contributed by atoms with Crippen molar-refractivity contribution >= 4 is 17.3 Å². The highest BCUT2D eigenvalue weighted by Gasteiger charge is 2.24. The maximum atomic E-state index is 12.2. The number of piperidine rings is 1. The van der Waals surface area contributed by atoms with Crippen LogP contribution in [0, 0.1) is 16.0 Å². The van der Waals surface area contributed by atoms with Crippen LogP contribution in [0.4, 0.5) is 11.4 Å². The van der Waals surface area contributed by atoms with E-state index < -0.39 is 4.92 Å². The number of nitrogens with zero attached hydrogens (tertiary/aromatic N) is 2. The number of para-hydroxylation sites is 2. The van der Waals surface area contributed by atoms with Crippen LogP contribution in [-0.4, -0.2) is 43.6 Å². The van der Waals surface area contributed by atoms with Gasteiger partial charge in [-0.15, -0.1) is 0 Å². The quantitative estimate of drug-likeness (QED) is 0.629. The molecule has 2 unspecified atom stereocenters. The van der Waals surface area contributed by atoms with Gasteiger partial charge in [0.15, 0.2) is 0 Å². The van der Waals surface area contributed by atoms with Crippen molar-refractivity contribution in [3.8, 4) is 0 Å². The van der Waals surface area contributed by atoms with Crippen LogP contribution in [0.25, 0.3) is 0 Å². The molecule has 0 radical (unpaired) electrons. The minimum Gasteiger partial charge on any atom is -0.360 e. The van der Waals surface area contributed by atoms with Crippen molar-refractivity contribution in [3.05, 3.63) is 34.4 Å². The Labute approximate surface area is 129 Å². The maximum Gasteiger partial charge on any atom is 0.292 e. The van der Waals surface area contributed by atoms with Gasteiger partial charge in [0.25, 0.3) is 5.69 Å². The van der Waals surface area contributed by atoms with Gasteiger partial charge in [0.2, 0.25) is 5.91 Å². The molecule has 1 aliphatic rings. The number of hydrogen-bond acceptors (Lipinski definition) is 5. The Morgan fingerprint density at radius 3 is 2.91 bits per heavy atom. The molecule has 22 heavy (non-hydrogen) atoms. The molecule has 1 saturated heterocycles. The molecule has 1 aromatic carbocycles. The van der Waals surface area contributed by atoms with Crippen LogP contribution in [0.2, 0.25) is 0 Å². The molecule has 2 N–H and O–H groups in total. The number of likely N-dealkylation sites (N-methyl/N-ethyl adjacent to an activating group) is 1. The van der Waals surface area contributed by atoms with Crippen molar-refractivity contribution < 1.29 is 9.72 Å². The van der Waals surface area contributed by atoms with E-state index in [1.807, 2.05) is 0 Å². The number of anilines is 1. The molecule has 0 spiro atoms. The van der Waals surface area contributed by atoms with E-state index in [-0.39, 0.29) is 24.2 Å². The summed E-state index contributed by atoms with van der Waals surface area (Å²) in [5.41, 5.74) is 0.453. The third-order valence-corrected chi connectivity index (χ3v) is 4.00. The van der Waals surface area contributed by atoms with Gasteiger partial charge < -0.3 is 15.5 Å². The Bertz CT molecular complexity index is 549. The lowest BCUT2D eigenvalue weighted by molar-refractivity contribution is -0.384. The lowest BCUT2D eigenvalue weighted by atomic mass is 9.95. The fourth-order valence-electron chi connectivity index (χ4n) is 2.72. The Morgan fingerprint density at radius 1 is 1.50 bits per heavy atom. The summed E-state index contributed by atoms with van der Waals surface area (Å²) in [4.78, 5) is 24.4. The summed E-state index contributed by atoms with van der Waals surface area (Å²) in [5.74, 6) is 0.272. The van der Waals surface area contributed by atoms with Crippen molar-refractivity contribution in [1.82, 2.24) is 10.6 Å². The van der Waals surface area contributed by atoms with Crippen LogP contribution in [-0.2, 0) is 4.79 Å². The monoisotopic (exact) mass is 306 g/mol. The van der Waals surface area contributed by atoms with Crippen LogP contribution in [0.3, 0.4) is 0 Å². The molecule has 0 aromatic heterocycles. The number of hydrogen-bond donors (Lipinski definition) is 2. The zero-order chi connectivity index (χ0) is 16.1. The Balaban J connectivity index is 1.98. The molecule has 7 nitrogen and oxygen atoms in total. The predicted octanol–water partition coefficient (Wildman–Crippen LogP) is 1.15. The van der Waals surface area contributed by atoms with E-state index in [1.165, 1.54) is 6.07 Å². The number of nitro groups is 1. The van der Waals surface area contributed by atoms with Gasteiger partial charge in [-0.1, -0.05) is 19.1 Å². The number of carbonyl (C=O) groups excluding carboxylic acids is 1. The zero-order valence-corrected chi connectivity index (χ0v) is 12.9. The normalized spacial score (nSPS) is 21.2. The molecule has 1 heterocycles. The molecule has 1 amide bonds. The maximum absolute atomic E-state index is 12.2. The predicted molar refractivity (Wildman–Crippen MR) is 84.9 cm³/mol. The summed E-state index contributed by atoms with van der Waals surface area (Å²) in [5, 5.41) is 17.4. The van der Waals surface area contributed by atoms with Gasteiger partial charge in [-0.3, -0.25) is 14.9 Å². The van der Waals surface area contributed by atoms with Crippen molar-refractivity contribution in [3.63, 3.8) is 0 Å². The Hall–Kier alpha value is -2.15. The number of rotatable bonds is 5. The topological polar surface area (TPSA) is 87.5 Å². The van der Waals surface area contributed by atoms with Crippen LogP contribution >= 0.6 is 0 Å². The van der Waals surface area contributed by atoms with Gasteiger partial charge in [0, 0.05) is 19.2 Å². The number of amides is 1. The first kappa shape index (κ1) is 16.2. The summed E-state index contributed by atoms with van der Waals surface area (Å²) in [6.07, 6.45) is 0.905. The van der Waals surface area contributed by atoms with Crippen molar-refractivity contribution in [2.75, 3.05) is 31.6 Å². The Kier molecular flexibility index (Phi) is 5.32. The molecule has 1 aromatic rings. The second-order valence-electron chi connectivity index (χ2n) is 5.75. The molecule has 2 atom stereocenters. The lowest BCUT2D eigenvalue weighted by Gasteiger charge is -2.31. The largest absolute Gasteiger partial charge is 0.360 e. The minimum atomic E-state index is -0.432. The molecular formula is C15H22N4O3. The second kappa shape index (κ2) is 7.22. The highest BCUT2D eigenvalue weighted by atomic mass is 16.6. The number of benzene rings is 1. The highest BCUT2D eigenvalue weighted by molar-refractivity contribution is 5.82. The summed E-state index contributed by atoms with van der Waals surface area (Å²) >= 11 is 0. The van der Waals surface area contributed by atoms with E-state index in [0.717, 1.165) is 19.5 Å². The standard InChI is InChI=1S/C15H22N4O3/c1-11-9-16-8-7-12(11)17-15(20)10-18(2)13-5-3-4-6-14(13)19(21)22/h3-6,11-12,16H,7-10H2,1-2H3,(H,17,20). The van der Waals surface area contributed by atoms with E-state index in [1.54, 1.807) is 30.1 Å². The molecular weight excluding hydrogens is 284 g/mol. The van der Waals surface area contributed by atoms with Gasteiger partial charge in [0.05, 0.1) is 11.5 Å². The van der Waals surface area contributed by atoms with Crippen LogP contribution < -0.4 is 15.5 Å². The molecule has 1 fully saturated rings. The van der Waals surface area contributed by atoms with Gasteiger partial charge >= 0.3 is 0 Å². The highest BCUT2D eigenvalue weighted by Crippen LogP contribution is 2.26. The third kappa shape index (κ3) is 3.94. The molecule has 120 valence electrons.